The Balaban J connectivity index is 2.10. The lowest BCUT2D eigenvalue weighted by Gasteiger charge is -2.21. The minimum Gasteiger partial charge on any atom is -0.370 e. The van der Waals surface area contributed by atoms with Gasteiger partial charge >= 0.3 is 0 Å². The number of hydrogen-bond acceptors (Lipinski definition) is 2. The van der Waals surface area contributed by atoms with E-state index in [1.54, 1.807) is 0 Å². The van der Waals surface area contributed by atoms with Crippen LogP contribution in [0.3, 0.4) is 0 Å². The van der Waals surface area contributed by atoms with E-state index in [1.165, 1.54) is 17.7 Å². The molecular weight excluding hydrogens is 244 g/mol. The van der Waals surface area contributed by atoms with Gasteiger partial charge in [0.25, 0.3) is 0 Å². The summed E-state index contributed by atoms with van der Waals surface area (Å²) in [6.45, 7) is 7.54. The standard InChI is InChI=1S/C15H23ClN2/c1-11(2)13-6-8-18(10-13)15-4-3-12(5-7-17)9-14(15)16/h3-4,9,11,13H,5-8,10,17H2,1-2H3. The maximum absolute atomic E-state index is 6.39. The lowest BCUT2D eigenvalue weighted by molar-refractivity contribution is 0.423. The number of anilines is 1. The molecule has 0 aromatic heterocycles. The minimum atomic E-state index is 0.675. The van der Waals surface area contributed by atoms with Crippen molar-refractivity contribution in [1.82, 2.24) is 0 Å². The Morgan fingerprint density at radius 3 is 2.78 bits per heavy atom. The van der Waals surface area contributed by atoms with Gasteiger partial charge in [0.15, 0.2) is 0 Å². The predicted octanol–water partition coefficient (Wildman–Crippen LogP) is 3.32. The van der Waals surface area contributed by atoms with E-state index in [9.17, 15) is 0 Å². The molecule has 0 spiro atoms. The fourth-order valence-corrected chi connectivity index (χ4v) is 3.00. The molecule has 2 N–H and O–H groups in total. The SMILES string of the molecule is CC(C)C1CCN(c2ccc(CCN)cc2Cl)C1. The van der Waals surface area contributed by atoms with Crippen molar-refractivity contribution in [3.8, 4) is 0 Å². The van der Waals surface area contributed by atoms with Crippen molar-refractivity contribution in [1.29, 1.82) is 0 Å². The quantitative estimate of drug-likeness (QED) is 0.906. The summed E-state index contributed by atoms with van der Waals surface area (Å²) in [5.41, 5.74) is 7.98. The van der Waals surface area contributed by atoms with Crippen molar-refractivity contribution in [2.24, 2.45) is 17.6 Å². The van der Waals surface area contributed by atoms with Crippen molar-refractivity contribution in [3.63, 3.8) is 0 Å². The number of rotatable bonds is 4. The van der Waals surface area contributed by atoms with Gasteiger partial charge in [-0.3, -0.25) is 0 Å². The van der Waals surface area contributed by atoms with E-state index in [-0.39, 0.29) is 0 Å². The smallest absolute Gasteiger partial charge is 0.0642 e. The lowest BCUT2D eigenvalue weighted by Crippen LogP contribution is -2.21. The Morgan fingerprint density at radius 1 is 1.44 bits per heavy atom. The average Bonchev–Trinajstić information content (AvgIpc) is 2.79. The number of halogens is 1. The van der Waals surface area contributed by atoms with Gasteiger partial charge in [-0.1, -0.05) is 31.5 Å². The molecular formula is C15H23ClN2. The molecule has 1 heterocycles. The summed E-state index contributed by atoms with van der Waals surface area (Å²) < 4.78 is 0. The molecule has 2 rings (SSSR count). The third-order valence-corrected chi connectivity index (χ3v) is 4.26. The van der Waals surface area contributed by atoms with Crippen LogP contribution >= 0.6 is 11.6 Å². The van der Waals surface area contributed by atoms with Gasteiger partial charge in [-0.2, -0.15) is 0 Å². The number of nitrogens with two attached hydrogens (primary N) is 1. The van der Waals surface area contributed by atoms with Crippen molar-refractivity contribution >= 4 is 17.3 Å². The molecule has 1 unspecified atom stereocenters. The highest BCUT2D eigenvalue weighted by Crippen LogP contribution is 2.33. The molecule has 1 atom stereocenters. The molecule has 1 saturated heterocycles. The van der Waals surface area contributed by atoms with Crippen molar-refractivity contribution < 1.29 is 0 Å². The van der Waals surface area contributed by atoms with Crippen molar-refractivity contribution in [2.45, 2.75) is 26.7 Å². The first-order chi connectivity index (χ1) is 8.61. The summed E-state index contributed by atoms with van der Waals surface area (Å²) in [6, 6.07) is 6.36. The molecule has 0 aliphatic carbocycles. The van der Waals surface area contributed by atoms with E-state index >= 15 is 0 Å². The highest BCUT2D eigenvalue weighted by Gasteiger charge is 2.25. The van der Waals surface area contributed by atoms with Gasteiger partial charge in [-0.15, -0.1) is 0 Å². The van der Waals surface area contributed by atoms with Crippen LogP contribution in [0.1, 0.15) is 25.8 Å². The molecule has 0 saturated carbocycles. The van der Waals surface area contributed by atoms with Crippen LogP contribution in [0.5, 0.6) is 0 Å². The van der Waals surface area contributed by atoms with Crippen LogP contribution in [-0.4, -0.2) is 19.6 Å². The number of benzene rings is 1. The third kappa shape index (κ3) is 2.99. The molecule has 18 heavy (non-hydrogen) atoms. The molecule has 0 bridgehead atoms. The predicted molar refractivity (Wildman–Crippen MR) is 79.4 cm³/mol. The highest BCUT2D eigenvalue weighted by molar-refractivity contribution is 6.33. The zero-order chi connectivity index (χ0) is 13.1. The zero-order valence-corrected chi connectivity index (χ0v) is 12.1. The fourth-order valence-electron chi connectivity index (χ4n) is 2.68. The molecule has 0 amide bonds. The van der Waals surface area contributed by atoms with E-state index in [0.29, 0.717) is 6.54 Å². The van der Waals surface area contributed by atoms with Crippen LogP contribution < -0.4 is 10.6 Å². The van der Waals surface area contributed by atoms with Gasteiger partial charge in [0.1, 0.15) is 0 Å². The van der Waals surface area contributed by atoms with Crippen molar-refractivity contribution in [3.05, 3.63) is 28.8 Å². The first kappa shape index (κ1) is 13.7. The maximum Gasteiger partial charge on any atom is 0.0642 e. The summed E-state index contributed by atoms with van der Waals surface area (Å²) >= 11 is 6.39. The Kier molecular flexibility index (Phi) is 4.52. The second-order valence-corrected chi connectivity index (χ2v) is 5.97. The molecule has 100 valence electrons. The molecule has 0 radical (unpaired) electrons. The van der Waals surface area contributed by atoms with Crippen LogP contribution in [-0.2, 0) is 6.42 Å². The summed E-state index contributed by atoms with van der Waals surface area (Å²) in [4.78, 5) is 2.42. The Bertz CT molecular complexity index is 403. The second-order valence-electron chi connectivity index (χ2n) is 5.56. The zero-order valence-electron chi connectivity index (χ0n) is 11.3. The molecule has 1 aliphatic heterocycles. The van der Waals surface area contributed by atoms with Gasteiger partial charge in [0.05, 0.1) is 10.7 Å². The van der Waals surface area contributed by atoms with Gasteiger partial charge in [-0.25, -0.2) is 0 Å². The molecule has 1 aromatic carbocycles. The first-order valence-electron chi connectivity index (χ1n) is 6.85. The lowest BCUT2D eigenvalue weighted by atomic mass is 9.95. The summed E-state index contributed by atoms with van der Waals surface area (Å²) in [5.74, 6) is 1.55. The van der Waals surface area contributed by atoms with Crippen LogP contribution in [0.2, 0.25) is 5.02 Å². The van der Waals surface area contributed by atoms with E-state index in [1.807, 2.05) is 0 Å². The Labute approximate surface area is 115 Å². The Hall–Kier alpha value is -0.730. The molecule has 1 aliphatic rings. The van der Waals surface area contributed by atoms with Gasteiger partial charge in [-0.05, 0) is 48.9 Å². The van der Waals surface area contributed by atoms with Crippen molar-refractivity contribution in [2.75, 3.05) is 24.5 Å². The normalized spacial score (nSPS) is 19.8. The van der Waals surface area contributed by atoms with Crippen LogP contribution in [0.25, 0.3) is 0 Å². The Morgan fingerprint density at radius 2 is 2.22 bits per heavy atom. The van der Waals surface area contributed by atoms with E-state index in [0.717, 1.165) is 36.4 Å². The summed E-state index contributed by atoms with van der Waals surface area (Å²) in [5, 5.41) is 0.866. The van der Waals surface area contributed by atoms with Crippen LogP contribution in [0.15, 0.2) is 18.2 Å². The topological polar surface area (TPSA) is 29.3 Å². The largest absolute Gasteiger partial charge is 0.370 e. The van der Waals surface area contributed by atoms with Gasteiger partial charge in [0, 0.05) is 13.1 Å². The fraction of sp³-hybridized carbons (Fsp3) is 0.600. The average molecular weight is 267 g/mol. The van der Waals surface area contributed by atoms with E-state index in [4.69, 9.17) is 17.3 Å². The first-order valence-corrected chi connectivity index (χ1v) is 7.23. The molecule has 2 nitrogen and oxygen atoms in total. The van der Waals surface area contributed by atoms with E-state index < -0.39 is 0 Å². The number of hydrogen-bond donors (Lipinski definition) is 1. The van der Waals surface area contributed by atoms with E-state index in [2.05, 4.69) is 36.9 Å². The summed E-state index contributed by atoms with van der Waals surface area (Å²) in [7, 11) is 0. The molecule has 1 aromatic rings. The second kappa shape index (κ2) is 5.94. The monoisotopic (exact) mass is 266 g/mol. The highest BCUT2D eigenvalue weighted by atomic mass is 35.5. The van der Waals surface area contributed by atoms with Gasteiger partial charge < -0.3 is 10.6 Å². The summed E-state index contributed by atoms with van der Waals surface area (Å²) in [6.07, 6.45) is 2.17. The maximum atomic E-state index is 6.39. The molecule has 3 heteroatoms. The van der Waals surface area contributed by atoms with Crippen LogP contribution in [0, 0.1) is 11.8 Å². The third-order valence-electron chi connectivity index (χ3n) is 3.95. The minimum absolute atomic E-state index is 0.675. The molecule has 1 fully saturated rings. The van der Waals surface area contributed by atoms with Crippen LogP contribution in [0.4, 0.5) is 5.69 Å². The van der Waals surface area contributed by atoms with Gasteiger partial charge in [0.2, 0.25) is 0 Å². The number of nitrogens with zero attached hydrogens (tertiary/aromatic N) is 1.